The number of hydrogen-bond donors (Lipinski definition) is 0. The SMILES string of the molecule is CCC=CCCOCOCCC. The average molecular weight is 172 g/mol. The maximum absolute atomic E-state index is 5.21. The zero-order valence-electron chi connectivity index (χ0n) is 8.21. The van der Waals surface area contributed by atoms with Gasteiger partial charge in [0.2, 0.25) is 0 Å². The molecular weight excluding hydrogens is 152 g/mol. The van der Waals surface area contributed by atoms with Gasteiger partial charge in [0.05, 0.1) is 6.61 Å². The van der Waals surface area contributed by atoms with Crippen molar-refractivity contribution in [2.45, 2.75) is 33.1 Å². The number of allylic oxidation sites excluding steroid dienone is 1. The summed E-state index contributed by atoms with van der Waals surface area (Å²) < 4.78 is 10.4. The fraction of sp³-hybridized carbons (Fsp3) is 0.800. The Bertz CT molecular complexity index is 100. The Balaban J connectivity index is 2.86. The number of ether oxygens (including phenoxy) is 2. The number of hydrogen-bond acceptors (Lipinski definition) is 2. The molecule has 0 atom stereocenters. The second kappa shape index (κ2) is 10.7. The van der Waals surface area contributed by atoms with Crippen LogP contribution in [-0.4, -0.2) is 20.0 Å². The third-order valence-electron chi connectivity index (χ3n) is 1.35. The fourth-order valence-corrected chi connectivity index (χ4v) is 0.757. The summed E-state index contributed by atoms with van der Waals surface area (Å²) >= 11 is 0. The molecule has 2 nitrogen and oxygen atoms in total. The van der Waals surface area contributed by atoms with Crippen LogP contribution in [0.15, 0.2) is 12.2 Å². The molecule has 0 bridgehead atoms. The van der Waals surface area contributed by atoms with Crippen LogP contribution in [0.25, 0.3) is 0 Å². The van der Waals surface area contributed by atoms with Gasteiger partial charge in [-0.25, -0.2) is 0 Å². The van der Waals surface area contributed by atoms with E-state index in [0.29, 0.717) is 6.79 Å². The van der Waals surface area contributed by atoms with Crippen molar-refractivity contribution in [2.75, 3.05) is 20.0 Å². The summed E-state index contributed by atoms with van der Waals surface area (Å²) in [5, 5.41) is 0. The van der Waals surface area contributed by atoms with E-state index in [1.165, 1.54) is 0 Å². The minimum atomic E-state index is 0.438. The molecule has 0 aromatic rings. The number of rotatable bonds is 8. The lowest BCUT2D eigenvalue weighted by atomic mass is 10.3. The van der Waals surface area contributed by atoms with Crippen molar-refractivity contribution in [2.24, 2.45) is 0 Å². The topological polar surface area (TPSA) is 18.5 Å². The van der Waals surface area contributed by atoms with Crippen LogP contribution < -0.4 is 0 Å². The van der Waals surface area contributed by atoms with Gasteiger partial charge in [-0.15, -0.1) is 0 Å². The predicted molar refractivity (Wildman–Crippen MR) is 51.1 cm³/mol. The Morgan fingerprint density at radius 2 is 1.75 bits per heavy atom. The zero-order valence-corrected chi connectivity index (χ0v) is 8.21. The van der Waals surface area contributed by atoms with E-state index in [4.69, 9.17) is 9.47 Å². The highest BCUT2D eigenvalue weighted by atomic mass is 16.7. The van der Waals surface area contributed by atoms with E-state index in [1.54, 1.807) is 0 Å². The molecule has 72 valence electrons. The molecular formula is C10H20O2. The van der Waals surface area contributed by atoms with Crippen LogP contribution in [0.2, 0.25) is 0 Å². The van der Waals surface area contributed by atoms with Crippen molar-refractivity contribution in [3.8, 4) is 0 Å². The van der Waals surface area contributed by atoms with Gasteiger partial charge in [0, 0.05) is 6.61 Å². The fourth-order valence-electron chi connectivity index (χ4n) is 0.757. The Morgan fingerprint density at radius 3 is 2.42 bits per heavy atom. The van der Waals surface area contributed by atoms with Gasteiger partial charge in [0.15, 0.2) is 0 Å². The third kappa shape index (κ3) is 9.66. The quantitative estimate of drug-likeness (QED) is 0.318. The molecule has 0 unspecified atom stereocenters. The van der Waals surface area contributed by atoms with Gasteiger partial charge in [-0.3, -0.25) is 0 Å². The van der Waals surface area contributed by atoms with Crippen LogP contribution in [-0.2, 0) is 9.47 Å². The predicted octanol–water partition coefficient (Wildman–Crippen LogP) is 2.74. The molecule has 0 radical (unpaired) electrons. The average Bonchev–Trinajstić information content (AvgIpc) is 2.10. The second-order valence-electron chi connectivity index (χ2n) is 2.60. The smallest absolute Gasteiger partial charge is 0.146 e. The molecule has 0 spiro atoms. The minimum absolute atomic E-state index is 0.438. The largest absolute Gasteiger partial charge is 0.355 e. The highest BCUT2D eigenvalue weighted by Gasteiger charge is 1.85. The molecule has 0 heterocycles. The maximum atomic E-state index is 5.21. The summed E-state index contributed by atoms with van der Waals surface area (Å²) in [4.78, 5) is 0. The van der Waals surface area contributed by atoms with Crippen molar-refractivity contribution in [3.05, 3.63) is 12.2 Å². The highest BCUT2D eigenvalue weighted by molar-refractivity contribution is 4.79. The summed E-state index contributed by atoms with van der Waals surface area (Å²) in [6, 6.07) is 0. The summed E-state index contributed by atoms with van der Waals surface area (Å²) in [7, 11) is 0. The summed E-state index contributed by atoms with van der Waals surface area (Å²) in [5.41, 5.74) is 0. The van der Waals surface area contributed by atoms with Crippen molar-refractivity contribution < 1.29 is 9.47 Å². The van der Waals surface area contributed by atoms with E-state index < -0.39 is 0 Å². The minimum Gasteiger partial charge on any atom is -0.355 e. The lowest BCUT2D eigenvalue weighted by molar-refractivity contribution is -0.0519. The van der Waals surface area contributed by atoms with Gasteiger partial charge < -0.3 is 9.47 Å². The standard InChI is InChI=1S/C10H20O2/c1-3-5-6-7-9-12-10-11-8-4-2/h5-6H,3-4,7-10H2,1-2H3. The lowest BCUT2D eigenvalue weighted by Crippen LogP contribution is -2.01. The van der Waals surface area contributed by atoms with Crippen LogP contribution in [0.1, 0.15) is 33.1 Å². The van der Waals surface area contributed by atoms with Gasteiger partial charge in [-0.05, 0) is 19.3 Å². The second-order valence-corrected chi connectivity index (χ2v) is 2.60. The molecule has 0 saturated carbocycles. The van der Waals surface area contributed by atoms with Gasteiger partial charge in [0.25, 0.3) is 0 Å². The van der Waals surface area contributed by atoms with E-state index in [2.05, 4.69) is 26.0 Å². The van der Waals surface area contributed by atoms with E-state index in [9.17, 15) is 0 Å². The van der Waals surface area contributed by atoms with Crippen LogP contribution in [0.5, 0.6) is 0 Å². The maximum Gasteiger partial charge on any atom is 0.146 e. The van der Waals surface area contributed by atoms with Crippen LogP contribution in [0.3, 0.4) is 0 Å². The lowest BCUT2D eigenvalue weighted by Gasteiger charge is -2.02. The van der Waals surface area contributed by atoms with Crippen molar-refractivity contribution >= 4 is 0 Å². The monoisotopic (exact) mass is 172 g/mol. The van der Waals surface area contributed by atoms with Crippen molar-refractivity contribution in [3.63, 3.8) is 0 Å². The molecule has 0 aliphatic heterocycles. The molecule has 0 rings (SSSR count). The molecule has 0 fully saturated rings. The van der Waals surface area contributed by atoms with Gasteiger partial charge in [0.1, 0.15) is 6.79 Å². The summed E-state index contributed by atoms with van der Waals surface area (Å²) in [5.74, 6) is 0. The Labute approximate surface area is 75.6 Å². The van der Waals surface area contributed by atoms with Gasteiger partial charge in [-0.1, -0.05) is 26.0 Å². The van der Waals surface area contributed by atoms with Crippen molar-refractivity contribution in [1.29, 1.82) is 0 Å². The van der Waals surface area contributed by atoms with Crippen LogP contribution in [0, 0.1) is 0 Å². The first kappa shape index (κ1) is 11.7. The Kier molecular flexibility index (Phi) is 10.4. The first-order valence-corrected chi connectivity index (χ1v) is 4.72. The van der Waals surface area contributed by atoms with Gasteiger partial charge in [-0.2, -0.15) is 0 Å². The highest BCUT2D eigenvalue weighted by Crippen LogP contribution is 1.88. The molecule has 0 aliphatic carbocycles. The Morgan fingerprint density at radius 1 is 1.00 bits per heavy atom. The molecule has 12 heavy (non-hydrogen) atoms. The Hall–Kier alpha value is -0.340. The van der Waals surface area contributed by atoms with E-state index >= 15 is 0 Å². The van der Waals surface area contributed by atoms with Crippen LogP contribution in [0.4, 0.5) is 0 Å². The summed E-state index contributed by atoms with van der Waals surface area (Å²) in [6.07, 6.45) is 7.44. The first-order chi connectivity index (χ1) is 5.91. The molecule has 0 N–H and O–H groups in total. The third-order valence-corrected chi connectivity index (χ3v) is 1.35. The molecule has 0 amide bonds. The molecule has 0 aromatic heterocycles. The van der Waals surface area contributed by atoms with Crippen LogP contribution >= 0.6 is 0 Å². The first-order valence-electron chi connectivity index (χ1n) is 4.72. The van der Waals surface area contributed by atoms with E-state index in [1.807, 2.05) is 0 Å². The zero-order chi connectivity index (χ0) is 9.07. The van der Waals surface area contributed by atoms with E-state index in [0.717, 1.165) is 32.5 Å². The summed E-state index contributed by atoms with van der Waals surface area (Å²) in [6.45, 7) is 6.21. The van der Waals surface area contributed by atoms with Gasteiger partial charge >= 0.3 is 0 Å². The molecule has 0 aromatic carbocycles. The normalized spacial score (nSPS) is 11.2. The molecule has 0 aliphatic rings. The van der Waals surface area contributed by atoms with Crippen molar-refractivity contribution in [1.82, 2.24) is 0 Å². The van der Waals surface area contributed by atoms with E-state index in [-0.39, 0.29) is 0 Å². The molecule has 2 heteroatoms. The molecule has 0 saturated heterocycles.